The molecule has 0 N–H and O–H groups in total. The van der Waals surface area contributed by atoms with Gasteiger partial charge in [0.05, 0.1) is 17.6 Å². The highest BCUT2D eigenvalue weighted by atomic mass is 16.5. The first-order valence-electron chi connectivity index (χ1n) is 8.58. The van der Waals surface area contributed by atoms with E-state index in [1.54, 1.807) is 12.1 Å². The molecule has 1 heterocycles. The van der Waals surface area contributed by atoms with Gasteiger partial charge in [0.25, 0.3) is 0 Å². The summed E-state index contributed by atoms with van der Waals surface area (Å²) in [6.07, 6.45) is 0.714. The molecule has 1 atom stereocenters. The number of nitrogens with zero attached hydrogens (tertiary/aromatic N) is 2. The van der Waals surface area contributed by atoms with Crippen LogP contribution in [0.1, 0.15) is 30.5 Å². The molecule has 0 radical (unpaired) electrons. The van der Waals surface area contributed by atoms with Crippen molar-refractivity contribution >= 4 is 5.91 Å². The molecule has 0 spiro atoms. The Morgan fingerprint density at radius 2 is 1.96 bits per heavy atom. The molecule has 0 aromatic heterocycles. The maximum atomic E-state index is 13.1. The predicted molar refractivity (Wildman–Crippen MR) is 96.0 cm³/mol. The molecule has 4 nitrogen and oxygen atoms in total. The topological polar surface area (TPSA) is 53.3 Å². The summed E-state index contributed by atoms with van der Waals surface area (Å²) >= 11 is 0. The molecular formula is C21H22N2O2. The minimum absolute atomic E-state index is 0.0975. The van der Waals surface area contributed by atoms with Crippen molar-refractivity contribution in [2.45, 2.75) is 32.9 Å². The number of amides is 1. The molecule has 0 fully saturated rings. The van der Waals surface area contributed by atoms with Crippen molar-refractivity contribution < 1.29 is 9.53 Å². The fourth-order valence-electron chi connectivity index (χ4n) is 3.12. The molecule has 0 bridgehead atoms. The van der Waals surface area contributed by atoms with Gasteiger partial charge in [-0.2, -0.15) is 5.26 Å². The molecule has 0 aliphatic carbocycles. The van der Waals surface area contributed by atoms with E-state index in [4.69, 9.17) is 10.00 Å². The second kappa shape index (κ2) is 7.40. The largest absolute Gasteiger partial charge is 0.492 e. The molecule has 1 aliphatic rings. The third-order valence-corrected chi connectivity index (χ3v) is 4.57. The molecule has 4 heteroatoms. The number of rotatable bonds is 4. The van der Waals surface area contributed by atoms with Crippen LogP contribution < -0.4 is 4.74 Å². The van der Waals surface area contributed by atoms with Crippen molar-refractivity contribution in [1.29, 1.82) is 5.26 Å². The molecule has 3 rings (SSSR count). The molecule has 1 amide bonds. The van der Waals surface area contributed by atoms with Crippen molar-refractivity contribution in [3.8, 4) is 11.8 Å². The minimum Gasteiger partial charge on any atom is -0.492 e. The van der Waals surface area contributed by atoms with E-state index in [1.807, 2.05) is 55.1 Å². The number of carbonyl (C=O) groups excluding carboxylic acids is 1. The lowest BCUT2D eigenvalue weighted by molar-refractivity contribution is -0.139. The highest BCUT2D eigenvalue weighted by Crippen LogP contribution is 2.28. The number of hydrogen-bond acceptors (Lipinski definition) is 3. The van der Waals surface area contributed by atoms with Gasteiger partial charge < -0.3 is 9.64 Å². The Bertz CT molecular complexity index is 790. The van der Waals surface area contributed by atoms with E-state index in [0.29, 0.717) is 25.1 Å². The van der Waals surface area contributed by atoms with E-state index in [-0.39, 0.29) is 17.9 Å². The summed E-state index contributed by atoms with van der Waals surface area (Å²) in [5, 5.41) is 8.91. The molecule has 0 saturated carbocycles. The van der Waals surface area contributed by atoms with Gasteiger partial charge in [-0.15, -0.1) is 0 Å². The monoisotopic (exact) mass is 334 g/mol. The van der Waals surface area contributed by atoms with E-state index in [0.717, 1.165) is 16.9 Å². The van der Waals surface area contributed by atoms with Crippen LogP contribution in [-0.4, -0.2) is 23.5 Å². The number of nitriles is 1. The summed E-state index contributed by atoms with van der Waals surface area (Å²) in [6.45, 7) is 5.02. The SMILES string of the molecule is CC(C)N(Cc1ccc(C#N)cc1)C(=O)C1COc2ccccc2C1. The predicted octanol–water partition coefficient (Wildman–Crippen LogP) is 3.55. The summed E-state index contributed by atoms with van der Waals surface area (Å²) in [6, 6.07) is 17.5. The smallest absolute Gasteiger partial charge is 0.229 e. The lowest BCUT2D eigenvalue weighted by atomic mass is 9.95. The third kappa shape index (κ3) is 3.83. The molecule has 1 aliphatic heterocycles. The van der Waals surface area contributed by atoms with E-state index < -0.39 is 0 Å². The van der Waals surface area contributed by atoms with Crippen molar-refractivity contribution in [2.24, 2.45) is 5.92 Å². The van der Waals surface area contributed by atoms with Crippen molar-refractivity contribution in [3.05, 3.63) is 65.2 Å². The van der Waals surface area contributed by atoms with Crippen LogP contribution in [0, 0.1) is 17.2 Å². The van der Waals surface area contributed by atoms with Gasteiger partial charge in [-0.3, -0.25) is 4.79 Å². The van der Waals surface area contributed by atoms with Crippen LogP contribution in [0.15, 0.2) is 48.5 Å². The summed E-state index contributed by atoms with van der Waals surface area (Å²) < 4.78 is 5.78. The molecule has 2 aromatic carbocycles. The van der Waals surface area contributed by atoms with Crippen molar-refractivity contribution in [1.82, 2.24) is 4.90 Å². The van der Waals surface area contributed by atoms with Gasteiger partial charge in [-0.05, 0) is 49.6 Å². The number of para-hydroxylation sites is 1. The first-order chi connectivity index (χ1) is 12.1. The van der Waals surface area contributed by atoms with E-state index in [9.17, 15) is 4.79 Å². The maximum absolute atomic E-state index is 13.1. The summed E-state index contributed by atoms with van der Waals surface area (Å²) in [5.74, 6) is 0.847. The molecule has 1 unspecified atom stereocenters. The van der Waals surface area contributed by atoms with Gasteiger partial charge in [0.15, 0.2) is 0 Å². The maximum Gasteiger partial charge on any atom is 0.229 e. The molecule has 2 aromatic rings. The minimum atomic E-state index is -0.157. The lowest BCUT2D eigenvalue weighted by Gasteiger charge is -2.33. The molecule has 128 valence electrons. The Morgan fingerprint density at radius 1 is 1.24 bits per heavy atom. The number of fused-ring (bicyclic) bond motifs is 1. The van der Waals surface area contributed by atoms with E-state index in [1.165, 1.54) is 0 Å². The fourth-order valence-corrected chi connectivity index (χ4v) is 3.12. The Kier molecular flexibility index (Phi) is 5.04. The zero-order valence-corrected chi connectivity index (χ0v) is 14.6. The first kappa shape index (κ1) is 17.0. The molecule has 25 heavy (non-hydrogen) atoms. The van der Waals surface area contributed by atoms with Crippen molar-refractivity contribution in [2.75, 3.05) is 6.61 Å². The Morgan fingerprint density at radius 3 is 2.64 bits per heavy atom. The van der Waals surface area contributed by atoms with Crippen molar-refractivity contribution in [3.63, 3.8) is 0 Å². The van der Waals surface area contributed by atoms with Gasteiger partial charge in [-0.1, -0.05) is 30.3 Å². The van der Waals surface area contributed by atoms with Gasteiger partial charge in [0.2, 0.25) is 5.91 Å². The highest BCUT2D eigenvalue weighted by Gasteiger charge is 2.30. The average molecular weight is 334 g/mol. The van der Waals surface area contributed by atoms with Crippen LogP contribution in [0.3, 0.4) is 0 Å². The van der Waals surface area contributed by atoms with Gasteiger partial charge in [0.1, 0.15) is 12.4 Å². The second-order valence-corrected chi connectivity index (χ2v) is 6.69. The lowest BCUT2D eigenvalue weighted by Crippen LogP contribution is -2.43. The number of carbonyl (C=O) groups is 1. The zero-order valence-electron chi connectivity index (χ0n) is 14.6. The van der Waals surface area contributed by atoms with Crippen LogP contribution in [-0.2, 0) is 17.8 Å². The highest BCUT2D eigenvalue weighted by molar-refractivity contribution is 5.80. The standard InChI is InChI=1S/C21H22N2O2/c1-15(2)23(13-17-9-7-16(12-22)8-10-17)21(24)19-11-18-5-3-4-6-20(18)25-14-19/h3-10,15,19H,11,13-14H2,1-2H3. The average Bonchev–Trinajstić information content (AvgIpc) is 2.65. The van der Waals surface area contributed by atoms with Gasteiger partial charge in [-0.25, -0.2) is 0 Å². The summed E-state index contributed by atoms with van der Waals surface area (Å²) in [5.41, 5.74) is 2.75. The second-order valence-electron chi connectivity index (χ2n) is 6.69. The molecule has 0 saturated heterocycles. The van der Waals surface area contributed by atoms with Crippen LogP contribution in [0.25, 0.3) is 0 Å². The van der Waals surface area contributed by atoms with Crippen LogP contribution in [0.5, 0.6) is 5.75 Å². The Hall–Kier alpha value is -2.80. The fraction of sp³-hybridized carbons (Fsp3) is 0.333. The third-order valence-electron chi connectivity index (χ3n) is 4.57. The zero-order chi connectivity index (χ0) is 17.8. The first-order valence-corrected chi connectivity index (χ1v) is 8.58. The number of benzene rings is 2. The van der Waals surface area contributed by atoms with E-state index >= 15 is 0 Å². The van der Waals surface area contributed by atoms with Gasteiger partial charge in [0, 0.05) is 12.6 Å². The van der Waals surface area contributed by atoms with Crippen LogP contribution >= 0.6 is 0 Å². The van der Waals surface area contributed by atoms with Crippen LogP contribution in [0.2, 0.25) is 0 Å². The summed E-state index contributed by atoms with van der Waals surface area (Å²) in [7, 11) is 0. The Balaban J connectivity index is 1.74. The summed E-state index contributed by atoms with van der Waals surface area (Å²) in [4.78, 5) is 15.0. The normalized spacial score (nSPS) is 15.8. The number of hydrogen-bond donors (Lipinski definition) is 0. The van der Waals surface area contributed by atoms with E-state index in [2.05, 4.69) is 6.07 Å². The quantitative estimate of drug-likeness (QED) is 0.859. The Labute approximate surface area is 148 Å². The number of ether oxygens (including phenoxy) is 1. The van der Waals surface area contributed by atoms with Crippen LogP contribution in [0.4, 0.5) is 0 Å². The molecular weight excluding hydrogens is 312 g/mol. The van der Waals surface area contributed by atoms with Gasteiger partial charge >= 0.3 is 0 Å².